The Morgan fingerprint density at radius 2 is 1.37 bits per heavy atom. The molecule has 0 amide bonds. The van der Waals surface area contributed by atoms with Gasteiger partial charge in [-0.2, -0.15) is 0 Å². The third-order valence-electron chi connectivity index (χ3n) is 5.33. The predicted molar refractivity (Wildman–Crippen MR) is 136 cm³/mol. The van der Waals surface area contributed by atoms with Crippen molar-refractivity contribution in [3.63, 3.8) is 0 Å². The molecule has 0 spiro atoms. The standard InChI is InChI=1S/C17H32NP.C10H10.Ti/c1-15(2,3)19(16(4,5)6,17(7,8)9)18-14-12-10-11-13-14;1-3-9(2)10-7-5-4-6-8-10;/h10-12H,13H2,1-9H3;3-8H,1-2H2;. The van der Waals surface area contributed by atoms with Crippen molar-refractivity contribution in [3.05, 3.63) is 79.1 Å². The van der Waals surface area contributed by atoms with Gasteiger partial charge in [-0.1, -0.05) is 124 Å². The van der Waals surface area contributed by atoms with E-state index in [1.165, 1.54) is 5.70 Å². The van der Waals surface area contributed by atoms with E-state index in [9.17, 15) is 0 Å². The number of nitrogens with zero attached hydrogens (tertiary/aromatic N) is 1. The maximum Gasteiger partial charge on any atom is 0.0425 e. The Bertz CT molecular complexity index is 780. The van der Waals surface area contributed by atoms with Gasteiger partial charge in [0.2, 0.25) is 0 Å². The third-order valence-corrected chi connectivity index (χ3v) is 11.7. The summed E-state index contributed by atoms with van der Waals surface area (Å²) in [6, 6.07) is 10.0. The molecule has 1 aliphatic carbocycles. The average Bonchev–Trinajstić information content (AvgIpc) is 3.10. The molecular formula is C27H42NPTi. The fourth-order valence-electron chi connectivity index (χ4n) is 4.94. The second-order valence-corrected chi connectivity index (χ2v) is 16.1. The van der Waals surface area contributed by atoms with E-state index in [4.69, 9.17) is 4.74 Å². The molecule has 0 bridgehead atoms. The molecule has 30 heavy (non-hydrogen) atoms. The van der Waals surface area contributed by atoms with Crippen LogP contribution in [0, 0.1) is 0 Å². The van der Waals surface area contributed by atoms with Crippen LogP contribution in [0.25, 0.3) is 5.57 Å². The van der Waals surface area contributed by atoms with E-state index < -0.39 is 7.05 Å². The van der Waals surface area contributed by atoms with E-state index in [-0.39, 0.29) is 37.2 Å². The summed E-state index contributed by atoms with van der Waals surface area (Å²) in [5, 5.41) is 0.646. The molecule has 0 aliphatic heterocycles. The van der Waals surface area contributed by atoms with E-state index in [0.29, 0.717) is 0 Å². The Labute approximate surface area is 201 Å². The van der Waals surface area contributed by atoms with Gasteiger partial charge < -0.3 is 0 Å². The van der Waals surface area contributed by atoms with Crippen molar-refractivity contribution in [2.75, 3.05) is 0 Å². The van der Waals surface area contributed by atoms with E-state index in [1.54, 1.807) is 6.08 Å². The Balaban J connectivity index is 0.000000646. The zero-order valence-corrected chi connectivity index (χ0v) is 23.2. The molecule has 0 aromatic heterocycles. The molecule has 0 fully saturated rings. The van der Waals surface area contributed by atoms with Gasteiger partial charge in [0.15, 0.2) is 0 Å². The molecule has 164 valence electrons. The maximum absolute atomic E-state index is 5.43. The van der Waals surface area contributed by atoms with Gasteiger partial charge in [0.05, 0.1) is 0 Å². The molecule has 0 unspecified atom stereocenters. The molecule has 1 aromatic carbocycles. The van der Waals surface area contributed by atoms with Crippen molar-refractivity contribution in [2.45, 2.75) is 84.2 Å². The van der Waals surface area contributed by atoms with Crippen molar-refractivity contribution < 1.29 is 21.7 Å². The first-order valence-electron chi connectivity index (χ1n) is 10.5. The first kappa shape index (κ1) is 29.1. The van der Waals surface area contributed by atoms with E-state index >= 15 is 0 Å². The van der Waals surface area contributed by atoms with Gasteiger partial charge in [-0.3, -0.25) is 4.74 Å². The molecule has 0 N–H and O–H groups in total. The van der Waals surface area contributed by atoms with E-state index in [1.807, 2.05) is 30.3 Å². The first-order chi connectivity index (χ1) is 13.2. The zero-order valence-electron chi connectivity index (χ0n) is 20.7. The normalized spacial score (nSPS) is 14.1. The Morgan fingerprint density at radius 3 is 1.70 bits per heavy atom. The summed E-state index contributed by atoms with van der Waals surface area (Å²) in [6.07, 6.45) is 9.31. The molecule has 0 saturated carbocycles. The minimum atomic E-state index is -1.58. The zero-order chi connectivity index (χ0) is 22.5. The first-order valence-corrected chi connectivity index (χ1v) is 12.3. The molecule has 2 rings (SSSR count). The van der Waals surface area contributed by atoms with Gasteiger partial charge in [0.1, 0.15) is 0 Å². The van der Waals surface area contributed by atoms with E-state index in [2.05, 4.69) is 93.7 Å². The average molecular weight is 459 g/mol. The molecule has 3 heteroatoms. The fraction of sp³-hybridized carbons (Fsp3) is 0.481. The van der Waals surface area contributed by atoms with Crippen LogP contribution in [0.1, 0.15) is 74.3 Å². The maximum atomic E-state index is 5.43. The van der Waals surface area contributed by atoms with Crippen molar-refractivity contribution in [1.29, 1.82) is 0 Å². The quantitative estimate of drug-likeness (QED) is 0.243. The van der Waals surface area contributed by atoms with Crippen LogP contribution in [0.2, 0.25) is 0 Å². The number of rotatable bonds is 3. The van der Waals surface area contributed by atoms with Crippen LogP contribution in [0.4, 0.5) is 0 Å². The molecule has 1 nitrogen and oxygen atoms in total. The minimum Gasteiger partial charge on any atom is -0.270 e. The number of hydrogen-bond donors (Lipinski definition) is 0. The van der Waals surface area contributed by atoms with Crippen LogP contribution in [-0.4, -0.2) is 15.5 Å². The molecule has 1 aromatic rings. The fourth-order valence-corrected chi connectivity index (χ4v) is 12.4. The van der Waals surface area contributed by atoms with Gasteiger partial charge in [-0.05, 0) is 39.7 Å². The molecule has 0 saturated heterocycles. The van der Waals surface area contributed by atoms with Gasteiger partial charge in [0, 0.05) is 33.8 Å². The van der Waals surface area contributed by atoms with Crippen LogP contribution < -0.4 is 0 Å². The van der Waals surface area contributed by atoms with Gasteiger partial charge >= 0.3 is 0 Å². The van der Waals surface area contributed by atoms with Crippen molar-refractivity contribution in [2.24, 2.45) is 4.74 Å². The number of hydrogen-bond acceptors (Lipinski definition) is 1. The molecule has 1 aliphatic rings. The van der Waals surface area contributed by atoms with Crippen molar-refractivity contribution in [1.82, 2.24) is 0 Å². The SMILES string of the molecule is C=CC(=C)c1ccccc1.CC(C)(C)P(=NC1=CC=CC1)(C(C)(C)C)C(C)(C)C.[Ti]. The predicted octanol–water partition coefficient (Wildman–Crippen LogP) is 9.31. The molecule has 0 atom stereocenters. The third kappa shape index (κ3) is 6.81. The van der Waals surface area contributed by atoms with Gasteiger partial charge in [-0.25, -0.2) is 0 Å². The number of benzene rings is 1. The van der Waals surface area contributed by atoms with Crippen LogP contribution >= 0.6 is 7.05 Å². The topological polar surface area (TPSA) is 12.4 Å². The smallest absolute Gasteiger partial charge is 0.0425 e. The van der Waals surface area contributed by atoms with E-state index in [0.717, 1.165) is 17.6 Å². The Kier molecular flexibility index (Phi) is 10.8. The van der Waals surface area contributed by atoms with Crippen LogP contribution in [0.3, 0.4) is 0 Å². The van der Waals surface area contributed by atoms with Gasteiger partial charge in [0.25, 0.3) is 0 Å². The molecule has 0 radical (unpaired) electrons. The summed E-state index contributed by atoms with van der Waals surface area (Å²) >= 11 is 0. The van der Waals surface area contributed by atoms with Crippen LogP contribution in [0.5, 0.6) is 0 Å². The summed E-state index contributed by atoms with van der Waals surface area (Å²) in [7, 11) is -1.58. The Hall–Kier alpha value is -0.876. The summed E-state index contributed by atoms with van der Waals surface area (Å²) < 4.78 is 5.43. The summed E-state index contributed by atoms with van der Waals surface area (Å²) in [4.78, 5) is 0. The monoisotopic (exact) mass is 459 g/mol. The van der Waals surface area contributed by atoms with Gasteiger partial charge in [-0.15, -0.1) is 0 Å². The minimum absolute atomic E-state index is 0. The second kappa shape index (κ2) is 11.1. The van der Waals surface area contributed by atoms with Crippen LogP contribution in [0.15, 0.2) is 78.2 Å². The largest absolute Gasteiger partial charge is 0.270 e. The van der Waals surface area contributed by atoms with Crippen molar-refractivity contribution >= 4 is 12.6 Å². The second-order valence-electron chi connectivity index (χ2n) is 10.6. The summed E-state index contributed by atoms with van der Waals surface area (Å²) in [6.45, 7) is 28.9. The molecular weight excluding hydrogens is 417 g/mol. The Morgan fingerprint density at radius 1 is 0.900 bits per heavy atom. The number of allylic oxidation sites excluding steroid dienone is 5. The van der Waals surface area contributed by atoms with Crippen molar-refractivity contribution in [3.8, 4) is 0 Å². The summed E-state index contributed by atoms with van der Waals surface area (Å²) in [5.41, 5.74) is 3.38. The summed E-state index contributed by atoms with van der Waals surface area (Å²) in [5.74, 6) is 0. The molecule has 0 heterocycles. The van der Waals surface area contributed by atoms with Crippen LogP contribution in [-0.2, 0) is 21.7 Å².